The summed E-state index contributed by atoms with van der Waals surface area (Å²) in [7, 11) is 0. The van der Waals surface area contributed by atoms with Crippen molar-refractivity contribution in [1.82, 2.24) is 0 Å². The van der Waals surface area contributed by atoms with Gasteiger partial charge in [-0.1, -0.05) is 25.5 Å². The highest BCUT2D eigenvalue weighted by Gasteiger charge is 2.77. The molecule has 1 unspecified atom stereocenters. The van der Waals surface area contributed by atoms with Crippen LogP contribution in [0.1, 0.15) is 53.4 Å². The monoisotopic (exact) mass is 464 g/mol. The van der Waals surface area contributed by atoms with Gasteiger partial charge in [0.15, 0.2) is 17.1 Å². The van der Waals surface area contributed by atoms with Crippen LogP contribution in [0.4, 0.5) is 4.39 Å². The molecule has 4 aliphatic rings. The number of ketones is 2. The lowest BCUT2D eigenvalue weighted by atomic mass is 9.44. The smallest absolute Gasteiger partial charge is 0.303 e. The Morgan fingerprint density at radius 2 is 1.97 bits per heavy atom. The largest absolute Gasteiger partial charge is 0.450 e. The highest BCUT2D eigenvalue weighted by molar-refractivity contribution is 6.01. The van der Waals surface area contributed by atoms with Crippen molar-refractivity contribution in [3.63, 3.8) is 0 Å². The molecule has 9 atom stereocenters. The summed E-state index contributed by atoms with van der Waals surface area (Å²) < 4.78 is 22.9. The van der Waals surface area contributed by atoms with Crippen molar-refractivity contribution in [3.05, 3.63) is 23.8 Å². The maximum Gasteiger partial charge on any atom is 0.303 e. The number of rotatable bonds is 4. The zero-order chi connectivity index (χ0) is 24.6. The number of carbonyl (C=O) groups is 3. The van der Waals surface area contributed by atoms with Crippen molar-refractivity contribution in [3.8, 4) is 0 Å². The van der Waals surface area contributed by atoms with Crippen LogP contribution in [0.5, 0.6) is 0 Å². The molecule has 3 fully saturated rings. The first-order valence-corrected chi connectivity index (χ1v) is 11.6. The van der Waals surface area contributed by atoms with Crippen LogP contribution in [-0.4, -0.2) is 62.9 Å². The third-order valence-corrected chi connectivity index (χ3v) is 9.33. The molecule has 7 nitrogen and oxygen atoms in total. The van der Waals surface area contributed by atoms with Gasteiger partial charge in [0, 0.05) is 29.6 Å². The van der Waals surface area contributed by atoms with Gasteiger partial charge < -0.3 is 20.1 Å². The Bertz CT molecular complexity index is 958. The van der Waals surface area contributed by atoms with E-state index in [2.05, 4.69) is 0 Å². The van der Waals surface area contributed by atoms with E-state index in [0.717, 1.165) is 0 Å². The summed E-state index contributed by atoms with van der Waals surface area (Å²) in [4.78, 5) is 37.6. The number of aliphatic hydroxyl groups excluding tert-OH is 3. The van der Waals surface area contributed by atoms with Crippen molar-refractivity contribution in [2.75, 3.05) is 6.61 Å². The second kappa shape index (κ2) is 7.55. The van der Waals surface area contributed by atoms with Crippen molar-refractivity contribution in [2.45, 2.75) is 76.9 Å². The zero-order valence-corrected chi connectivity index (χ0v) is 19.5. The molecule has 8 heteroatoms. The summed E-state index contributed by atoms with van der Waals surface area (Å²) >= 11 is 0. The summed E-state index contributed by atoms with van der Waals surface area (Å²) in [6.07, 6.45) is 2.12. The Kier molecular flexibility index (Phi) is 5.54. The molecule has 0 saturated heterocycles. The number of esters is 1. The van der Waals surface area contributed by atoms with E-state index in [1.54, 1.807) is 26.8 Å². The zero-order valence-electron chi connectivity index (χ0n) is 19.5. The maximum atomic E-state index is 17.2. The van der Waals surface area contributed by atoms with E-state index < -0.39 is 70.4 Å². The highest BCUT2D eigenvalue weighted by atomic mass is 19.1. The lowest BCUT2D eigenvalue weighted by Gasteiger charge is -2.62. The molecule has 0 heterocycles. The van der Waals surface area contributed by atoms with Gasteiger partial charge in [-0.3, -0.25) is 14.4 Å². The van der Waals surface area contributed by atoms with E-state index in [-0.39, 0.29) is 12.2 Å². The third kappa shape index (κ3) is 2.86. The fourth-order valence-corrected chi connectivity index (χ4v) is 7.88. The van der Waals surface area contributed by atoms with Gasteiger partial charge in [0.1, 0.15) is 6.10 Å². The summed E-state index contributed by atoms with van der Waals surface area (Å²) in [5.41, 5.74) is -5.56. The van der Waals surface area contributed by atoms with Gasteiger partial charge >= 0.3 is 5.97 Å². The standard InChI is InChI=1S/C25H33FO7/c1-13-9-18-17-6-5-15-10-16(29)7-8-22(15,3)24(17,26)20(31)11-23(18,4)25(13,33-14(2)28)21(32)19(30)12-27/h7-8,10,13,17-20,27,30-31H,5-6,9,11-12H2,1-4H3/t13-,17+,18+,19?,20+,22+,23+,24+,25+/m1/s1. The average molecular weight is 465 g/mol. The molecule has 4 rings (SSSR count). The molecule has 33 heavy (non-hydrogen) atoms. The van der Waals surface area contributed by atoms with E-state index >= 15 is 4.39 Å². The first-order chi connectivity index (χ1) is 15.3. The first-order valence-electron chi connectivity index (χ1n) is 11.6. The van der Waals surface area contributed by atoms with Gasteiger partial charge in [-0.2, -0.15) is 0 Å². The van der Waals surface area contributed by atoms with Crippen LogP contribution in [0.3, 0.4) is 0 Å². The van der Waals surface area contributed by atoms with Gasteiger partial charge in [0.25, 0.3) is 0 Å². The highest BCUT2D eigenvalue weighted by Crippen LogP contribution is 2.71. The number of fused-ring (bicyclic) bond motifs is 5. The normalized spacial score (nSPS) is 47.2. The minimum Gasteiger partial charge on any atom is -0.450 e. The van der Waals surface area contributed by atoms with Crippen molar-refractivity contribution < 1.29 is 38.8 Å². The Hall–Kier alpha value is -1.90. The lowest BCUT2D eigenvalue weighted by molar-refractivity contribution is -0.229. The van der Waals surface area contributed by atoms with Crippen LogP contribution in [0.25, 0.3) is 0 Å². The molecule has 3 saturated carbocycles. The number of halogens is 1. The van der Waals surface area contributed by atoms with Crippen LogP contribution in [0, 0.1) is 28.6 Å². The Morgan fingerprint density at radius 3 is 2.58 bits per heavy atom. The topological polar surface area (TPSA) is 121 Å². The summed E-state index contributed by atoms with van der Waals surface area (Å²) in [6.45, 7) is 5.50. The molecule has 0 radical (unpaired) electrons. The quantitative estimate of drug-likeness (QED) is 0.543. The number of hydrogen-bond donors (Lipinski definition) is 3. The number of Topliss-reactive ketones (excluding diaryl/α,β-unsaturated/α-hetero) is 1. The Labute approximate surface area is 192 Å². The predicted molar refractivity (Wildman–Crippen MR) is 115 cm³/mol. The number of aliphatic hydroxyl groups is 3. The second-order valence-electron chi connectivity index (χ2n) is 10.8. The van der Waals surface area contributed by atoms with Crippen LogP contribution < -0.4 is 0 Å². The average Bonchev–Trinajstić information content (AvgIpc) is 2.95. The fourth-order valence-electron chi connectivity index (χ4n) is 7.88. The molecule has 0 bridgehead atoms. The van der Waals surface area contributed by atoms with Gasteiger partial charge in [-0.15, -0.1) is 0 Å². The molecule has 0 aliphatic heterocycles. The van der Waals surface area contributed by atoms with E-state index in [1.807, 2.05) is 0 Å². The molecule has 0 amide bonds. The fraction of sp³-hybridized carbons (Fsp3) is 0.720. The van der Waals surface area contributed by atoms with Gasteiger partial charge in [-0.05, 0) is 50.7 Å². The molecular weight excluding hydrogens is 431 g/mol. The molecule has 0 aromatic carbocycles. The van der Waals surface area contributed by atoms with Crippen LogP contribution >= 0.6 is 0 Å². The minimum atomic E-state index is -2.08. The Balaban J connectivity index is 1.86. The number of alkyl halides is 1. The van der Waals surface area contributed by atoms with Crippen molar-refractivity contribution >= 4 is 17.5 Å². The van der Waals surface area contributed by atoms with E-state index in [1.165, 1.54) is 19.1 Å². The summed E-state index contributed by atoms with van der Waals surface area (Å²) in [5.74, 6) is -3.39. The number of hydrogen-bond acceptors (Lipinski definition) is 7. The predicted octanol–water partition coefficient (Wildman–Crippen LogP) is 1.83. The molecule has 3 N–H and O–H groups in total. The Morgan fingerprint density at radius 1 is 1.30 bits per heavy atom. The molecule has 0 aromatic heterocycles. The molecule has 0 spiro atoms. The van der Waals surface area contributed by atoms with Gasteiger partial charge in [-0.25, -0.2) is 4.39 Å². The summed E-state index contributed by atoms with van der Waals surface area (Å²) in [5, 5.41) is 31.2. The molecular formula is C25H33FO7. The minimum absolute atomic E-state index is 0.170. The summed E-state index contributed by atoms with van der Waals surface area (Å²) in [6, 6.07) is 0. The van der Waals surface area contributed by atoms with E-state index in [0.29, 0.717) is 24.8 Å². The third-order valence-electron chi connectivity index (χ3n) is 9.33. The van der Waals surface area contributed by atoms with Crippen LogP contribution in [0.15, 0.2) is 23.8 Å². The van der Waals surface area contributed by atoms with Gasteiger partial charge in [0.05, 0.1) is 12.7 Å². The van der Waals surface area contributed by atoms with Crippen molar-refractivity contribution in [2.24, 2.45) is 28.6 Å². The molecule has 0 aromatic rings. The van der Waals surface area contributed by atoms with Crippen LogP contribution in [0.2, 0.25) is 0 Å². The van der Waals surface area contributed by atoms with E-state index in [9.17, 15) is 29.7 Å². The molecule has 4 aliphatic carbocycles. The lowest BCUT2D eigenvalue weighted by Crippen LogP contribution is -2.70. The second-order valence-corrected chi connectivity index (χ2v) is 10.8. The first kappa shape index (κ1) is 24.2. The molecule has 182 valence electrons. The van der Waals surface area contributed by atoms with E-state index in [4.69, 9.17) is 4.74 Å². The number of carbonyl (C=O) groups excluding carboxylic acids is 3. The van der Waals surface area contributed by atoms with Crippen LogP contribution in [-0.2, 0) is 19.1 Å². The number of allylic oxidation sites excluding steroid dienone is 4. The SMILES string of the molecule is CC(=O)O[C@]1(C(=O)C(O)CO)[C@H](C)C[C@H]2[C@@H]3CCC4=CC(=O)C=C[C@]4(C)[C@@]3(F)[C@@H](O)C[C@@]21C. The van der Waals surface area contributed by atoms with Gasteiger partial charge in [0.2, 0.25) is 5.78 Å². The number of ether oxygens (including phenoxy) is 1. The van der Waals surface area contributed by atoms with Crippen molar-refractivity contribution in [1.29, 1.82) is 0 Å². The maximum absolute atomic E-state index is 17.2.